The molecule has 0 amide bonds. The van der Waals surface area contributed by atoms with Crippen LogP contribution in [-0.4, -0.2) is 40.6 Å². The van der Waals surface area contributed by atoms with Crippen LogP contribution in [0.15, 0.2) is 12.7 Å². The Labute approximate surface area is 109 Å². The molecule has 0 heterocycles. The van der Waals surface area contributed by atoms with Gasteiger partial charge in [0.1, 0.15) is 6.61 Å². The third-order valence-electron chi connectivity index (χ3n) is 1.80. The Kier molecular flexibility index (Phi) is 9.55. The van der Waals surface area contributed by atoms with Crippen molar-refractivity contribution in [1.29, 1.82) is 0 Å². The molecule has 0 saturated carbocycles. The molecule has 0 aliphatic rings. The molecular weight excluding hydrogens is 280 g/mol. The monoisotopic (exact) mass is 293 g/mol. The van der Waals surface area contributed by atoms with Gasteiger partial charge in [-0.05, 0) is 6.08 Å². The van der Waals surface area contributed by atoms with E-state index in [-0.39, 0.29) is 23.5 Å². The minimum absolute atomic E-state index is 0. The van der Waals surface area contributed by atoms with Crippen molar-refractivity contribution in [3.8, 4) is 0 Å². The molecule has 2 N–H and O–H groups in total. The summed E-state index contributed by atoms with van der Waals surface area (Å²) in [5.41, 5.74) is 0. The molecule has 0 bridgehead atoms. The molecule has 0 aromatic heterocycles. The standard InChI is InChI=1S/C10H14O6.Cu/c1-3-7(11)8(12)5-16-10(15)6(2)4-9(13)14;/h3,6,8,12H,1,4-5H2,2H3,(H,13,14);. The Balaban J connectivity index is 0. The van der Waals surface area contributed by atoms with E-state index in [1.165, 1.54) is 6.92 Å². The molecule has 0 rings (SSSR count). The number of ether oxygens (including phenoxy) is 1. The molecule has 0 aliphatic heterocycles. The van der Waals surface area contributed by atoms with Gasteiger partial charge in [0.2, 0.25) is 0 Å². The third-order valence-corrected chi connectivity index (χ3v) is 1.80. The quantitative estimate of drug-likeness (QED) is 0.381. The van der Waals surface area contributed by atoms with Crippen LogP contribution in [0.4, 0.5) is 0 Å². The third kappa shape index (κ3) is 7.68. The van der Waals surface area contributed by atoms with Crippen molar-refractivity contribution in [2.75, 3.05) is 6.61 Å². The van der Waals surface area contributed by atoms with Gasteiger partial charge in [0, 0.05) is 17.1 Å². The number of rotatable bonds is 7. The Morgan fingerprint density at radius 3 is 2.35 bits per heavy atom. The fourth-order valence-corrected chi connectivity index (χ4v) is 0.867. The van der Waals surface area contributed by atoms with Crippen LogP contribution in [0.2, 0.25) is 0 Å². The van der Waals surface area contributed by atoms with Gasteiger partial charge >= 0.3 is 11.9 Å². The van der Waals surface area contributed by atoms with Gasteiger partial charge in [-0.1, -0.05) is 13.5 Å². The normalized spacial score (nSPS) is 12.8. The summed E-state index contributed by atoms with van der Waals surface area (Å²) in [5, 5.41) is 17.5. The molecule has 6 nitrogen and oxygen atoms in total. The number of ketones is 1. The summed E-state index contributed by atoms with van der Waals surface area (Å²) in [6.45, 7) is 4.05. The minimum Gasteiger partial charge on any atom is -0.481 e. The number of aliphatic hydroxyl groups is 1. The Morgan fingerprint density at radius 1 is 1.41 bits per heavy atom. The second-order valence-corrected chi connectivity index (χ2v) is 3.25. The zero-order valence-electron chi connectivity index (χ0n) is 9.18. The molecule has 0 aliphatic carbocycles. The van der Waals surface area contributed by atoms with Crippen molar-refractivity contribution in [1.82, 2.24) is 0 Å². The zero-order valence-corrected chi connectivity index (χ0v) is 10.1. The number of aliphatic hydroxyl groups excluding tert-OH is 1. The summed E-state index contributed by atoms with van der Waals surface area (Å²) < 4.78 is 4.57. The van der Waals surface area contributed by atoms with Crippen LogP contribution >= 0.6 is 0 Å². The first-order chi connectivity index (χ1) is 7.38. The number of esters is 1. The maximum atomic E-state index is 11.2. The number of carbonyl (C=O) groups excluding carboxylic acids is 2. The summed E-state index contributed by atoms with van der Waals surface area (Å²) in [7, 11) is 0. The topological polar surface area (TPSA) is 101 Å². The number of aliphatic carboxylic acids is 1. The van der Waals surface area contributed by atoms with Crippen LogP contribution < -0.4 is 0 Å². The molecule has 1 radical (unpaired) electrons. The van der Waals surface area contributed by atoms with Gasteiger partial charge in [-0.15, -0.1) is 0 Å². The number of hydrogen-bond acceptors (Lipinski definition) is 5. The van der Waals surface area contributed by atoms with Crippen LogP contribution in [0.25, 0.3) is 0 Å². The molecule has 0 aromatic rings. The first-order valence-corrected chi connectivity index (χ1v) is 4.61. The maximum Gasteiger partial charge on any atom is 0.309 e. The second kappa shape index (κ2) is 8.92. The van der Waals surface area contributed by atoms with Crippen molar-refractivity contribution in [2.45, 2.75) is 19.4 Å². The van der Waals surface area contributed by atoms with Gasteiger partial charge in [0.15, 0.2) is 11.9 Å². The van der Waals surface area contributed by atoms with Crippen molar-refractivity contribution in [2.24, 2.45) is 5.92 Å². The van der Waals surface area contributed by atoms with E-state index >= 15 is 0 Å². The molecule has 0 aromatic carbocycles. The molecule has 2 unspecified atom stereocenters. The van der Waals surface area contributed by atoms with E-state index in [9.17, 15) is 14.4 Å². The van der Waals surface area contributed by atoms with E-state index in [0.29, 0.717) is 0 Å². The molecule has 7 heteroatoms. The summed E-state index contributed by atoms with van der Waals surface area (Å²) in [6, 6.07) is 0. The summed E-state index contributed by atoms with van der Waals surface area (Å²) in [5.74, 6) is -3.35. The number of carboxylic acid groups (broad SMARTS) is 1. The largest absolute Gasteiger partial charge is 0.481 e. The summed E-state index contributed by atoms with van der Waals surface area (Å²) >= 11 is 0. The molecular formula is C10H14CuO6. The number of hydrogen-bond donors (Lipinski definition) is 2. The van der Waals surface area contributed by atoms with Gasteiger partial charge in [-0.2, -0.15) is 0 Å². The molecule has 17 heavy (non-hydrogen) atoms. The predicted octanol–water partition coefficient (Wildman–Crippen LogP) is -0.246. The molecule has 0 spiro atoms. The fraction of sp³-hybridized carbons (Fsp3) is 0.500. The van der Waals surface area contributed by atoms with Gasteiger partial charge < -0.3 is 14.9 Å². The van der Waals surface area contributed by atoms with Gasteiger partial charge in [-0.3, -0.25) is 14.4 Å². The van der Waals surface area contributed by atoms with Gasteiger partial charge in [0.25, 0.3) is 0 Å². The smallest absolute Gasteiger partial charge is 0.309 e. The van der Waals surface area contributed by atoms with Crippen LogP contribution in [0, 0.1) is 5.92 Å². The first kappa shape index (κ1) is 18.2. The van der Waals surface area contributed by atoms with Gasteiger partial charge in [-0.25, -0.2) is 0 Å². The van der Waals surface area contributed by atoms with Crippen LogP contribution in [0.3, 0.4) is 0 Å². The average molecular weight is 294 g/mol. The van der Waals surface area contributed by atoms with Crippen molar-refractivity contribution in [3.63, 3.8) is 0 Å². The van der Waals surface area contributed by atoms with Crippen molar-refractivity contribution < 1.29 is 46.4 Å². The van der Waals surface area contributed by atoms with Gasteiger partial charge in [0.05, 0.1) is 12.3 Å². The van der Waals surface area contributed by atoms with Crippen molar-refractivity contribution in [3.05, 3.63) is 12.7 Å². The summed E-state index contributed by atoms with van der Waals surface area (Å²) in [6.07, 6.45) is -0.887. The fourth-order valence-electron chi connectivity index (χ4n) is 0.867. The SMILES string of the molecule is C=CC(=O)C(O)COC(=O)C(C)CC(=O)O.[Cu]. The van der Waals surface area contributed by atoms with Crippen molar-refractivity contribution >= 4 is 17.7 Å². The van der Waals surface area contributed by atoms with E-state index in [4.69, 9.17) is 10.2 Å². The van der Waals surface area contributed by atoms with E-state index in [2.05, 4.69) is 11.3 Å². The molecule has 0 fully saturated rings. The first-order valence-electron chi connectivity index (χ1n) is 4.61. The van der Waals surface area contributed by atoms with Crippen LogP contribution in [-0.2, 0) is 36.2 Å². The van der Waals surface area contributed by atoms with E-state index in [1.54, 1.807) is 0 Å². The number of carboxylic acids is 1. The average Bonchev–Trinajstić information content (AvgIpc) is 2.23. The Hall–Kier alpha value is -1.17. The Bertz CT molecular complexity index is 301. The maximum absolute atomic E-state index is 11.2. The zero-order chi connectivity index (χ0) is 12.7. The van der Waals surface area contributed by atoms with E-state index in [1.807, 2.05) is 0 Å². The van der Waals surface area contributed by atoms with E-state index < -0.39 is 36.4 Å². The molecule has 101 valence electrons. The molecule has 2 atom stereocenters. The number of carbonyl (C=O) groups is 3. The Morgan fingerprint density at radius 2 is 1.94 bits per heavy atom. The van der Waals surface area contributed by atoms with Crippen LogP contribution in [0.1, 0.15) is 13.3 Å². The second-order valence-electron chi connectivity index (χ2n) is 3.25. The molecule has 0 saturated heterocycles. The summed E-state index contributed by atoms with van der Waals surface area (Å²) in [4.78, 5) is 32.3. The van der Waals surface area contributed by atoms with E-state index in [0.717, 1.165) is 6.08 Å². The van der Waals surface area contributed by atoms with Crippen LogP contribution in [0.5, 0.6) is 0 Å². The minimum atomic E-state index is -1.45. The predicted molar refractivity (Wildman–Crippen MR) is 53.6 cm³/mol.